The number of carboxylic acids is 2. The Morgan fingerprint density at radius 2 is 1.47 bits per heavy atom. The lowest BCUT2D eigenvalue weighted by molar-refractivity contribution is -0.617. The fourth-order valence-electron chi connectivity index (χ4n) is 5.09. The van der Waals surface area contributed by atoms with Crippen LogP contribution in [0.1, 0.15) is 43.0 Å². The third kappa shape index (κ3) is 4.16. The molecule has 38 heavy (non-hydrogen) atoms. The number of benzene rings is 4. The van der Waals surface area contributed by atoms with Crippen LogP contribution >= 0.6 is 0 Å². The van der Waals surface area contributed by atoms with E-state index < -0.39 is 11.9 Å². The Hall–Kier alpha value is -4.97. The molecule has 1 aromatic heterocycles. The molecule has 6 heteroatoms. The Kier molecular flexibility index (Phi) is 6.17. The second kappa shape index (κ2) is 9.48. The van der Waals surface area contributed by atoms with Gasteiger partial charge in [0.15, 0.2) is 0 Å². The number of aryl methyl sites for hydroxylation is 1. The summed E-state index contributed by atoms with van der Waals surface area (Å²) in [6.07, 6.45) is 3.82. The predicted molar refractivity (Wildman–Crippen MR) is 148 cm³/mol. The molecule has 0 aliphatic heterocycles. The molecule has 5 rings (SSSR count). The third-order valence-corrected chi connectivity index (χ3v) is 7.20. The highest BCUT2D eigenvalue weighted by atomic mass is 16.4. The van der Waals surface area contributed by atoms with Gasteiger partial charge in [0.05, 0.1) is 21.9 Å². The van der Waals surface area contributed by atoms with Gasteiger partial charge in [-0.3, -0.25) is 0 Å². The Balaban J connectivity index is 1.64. The Bertz CT molecular complexity index is 1820. The molecule has 0 atom stereocenters. The van der Waals surface area contributed by atoms with E-state index in [-0.39, 0.29) is 16.9 Å². The molecule has 0 spiro atoms. The second-order valence-electron chi connectivity index (χ2n) is 9.35. The van der Waals surface area contributed by atoms with E-state index in [0.717, 1.165) is 38.9 Å². The van der Waals surface area contributed by atoms with Crippen molar-refractivity contribution in [1.82, 2.24) is 0 Å². The summed E-state index contributed by atoms with van der Waals surface area (Å²) in [6, 6.07) is 21.6. The number of aromatic hydroxyl groups is 1. The van der Waals surface area contributed by atoms with E-state index in [4.69, 9.17) is 0 Å². The molecule has 0 unspecified atom stereocenters. The molecule has 0 saturated carbocycles. The lowest BCUT2D eigenvalue weighted by Gasteiger charge is -2.14. The number of fused-ring (bicyclic) bond motifs is 2. The van der Waals surface area contributed by atoms with Crippen molar-refractivity contribution in [1.29, 1.82) is 0 Å². The molecule has 0 radical (unpaired) electrons. The number of pyridine rings is 1. The molecular formula is C32H26NO5+. The van der Waals surface area contributed by atoms with Crippen molar-refractivity contribution in [2.24, 2.45) is 7.05 Å². The number of nitrogens with zero attached hydrogens (tertiary/aromatic N) is 1. The van der Waals surface area contributed by atoms with Crippen molar-refractivity contribution < 1.29 is 29.5 Å². The maximum atomic E-state index is 12.3. The zero-order valence-electron chi connectivity index (χ0n) is 21.2. The van der Waals surface area contributed by atoms with Gasteiger partial charge in [0.25, 0.3) is 0 Å². The van der Waals surface area contributed by atoms with Gasteiger partial charge in [-0.1, -0.05) is 36.4 Å². The van der Waals surface area contributed by atoms with Crippen LogP contribution in [0.3, 0.4) is 0 Å². The predicted octanol–water partition coefficient (Wildman–Crippen LogP) is 6.37. The van der Waals surface area contributed by atoms with E-state index in [1.807, 2.05) is 73.2 Å². The Labute approximate surface area is 219 Å². The fraction of sp³-hybridized carbons (Fsp3) is 0.0938. The first kappa shape index (κ1) is 24.7. The maximum Gasteiger partial charge on any atom is 0.337 e. The molecule has 0 amide bonds. The first-order chi connectivity index (χ1) is 18.2. The van der Waals surface area contributed by atoms with Crippen LogP contribution in [0.2, 0.25) is 0 Å². The van der Waals surface area contributed by atoms with Crippen LogP contribution in [0.5, 0.6) is 5.75 Å². The van der Waals surface area contributed by atoms with Gasteiger partial charge in [-0.25, -0.2) is 9.59 Å². The third-order valence-electron chi connectivity index (χ3n) is 7.20. The minimum Gasteiger partial charge on any atom is -0.508 e. The fourth-order valence-corrected chi connectivity index (χ4v) is 5.09. The number of rotatable bonds is 5. The number of para-hydroxylation sites is 1. The maximum absolute atomic E-state index is 12.3. The minimum absolute atomic E-state index is 0.104. The zero-order valence-corrected chi connectivity index (χ0v) is 21.2. The average Bonchev–Trinajstić information content (AvgIpc) is 2.89. The summed E-state index contributed by atoms with van der Waals surface area (Å²) < 4.78 is 1.99. The molecule has 188 valence electrons. The molecule has 5 aromatic rings. The highest BCUT2D eigenvalue weighted by Crippen LogP contribution is 2.34. The quantitative estimate of drug-likeness (QED) is 0.147. The SMILES string of the molecule is Cc1c(C(=O)O)ccc(-c2cc(O)ccc2C=Cc2ccc3c(c2)c(C(=O)O)c2ccccc2[n+]3C)c1C. The van der Waals surface area contributed by atoms with Gasteiger partial charge in [0, 0.05) is 12.1 Å². The number of hydrogen-bond acceptors (Lipinski definition) is 3. The molecule has 0 fully saturated rings. The first-order valence-corrected chi connectivity index (χ1v) is 12.1. The van der Waals surface area contributed by atoms with Crippen LogP contribution in [-0.4, -0.2) is 27.3 Å². The molecule has 1 heterocycles. The zero-order chi connectivity index (χ0) is 27.1. The first-order valence-electron chi connectivity index (χ1n) is 12.1. The smallest absolute Gasteiger partial charge is 0.337 e. The minimum atomic E-state index is -0.982. The summed E-state index contributed by atoms with van der Waals surface area (Å²) in [5.74, 6) is -1.86. The number of aromatic carboxylic acids is 2. The van der Waals surface area contributed by atoms with Crippen LogP contribution in [0.15, 0.2) is 72.8 Å². The van der Waals surface area contributed by atoms with E-state index in [1.54, 1.807) is 37.3 Å². The van der Waals surface area contributed by atoms with E-state index in [9.17, 15) is 24.9 Å². The van der Waals surface area contributed by atoms with Gasteiger partial charge in [-0.15, -0.1) is 0 Å². The van der Waals surface area contributed by atoms with Crippen LogP contribution in [-0.2, 0) is 7.05 Å². The molecule has 4 aromatic carbocycles. The normalized spacial score (nSPS) is 11.4. The van der Waals surface area contributed by atoms with Crippen molar-refractivity contribution in [3.05, 3.63) is 106 Å². The van der Waals surface area contributed by atoms with Crippen LogP contribution in [0, 0.1) is 13.8 Å². The average molecular weight is 505 g/mol. The number of carbonyl (C=O) groups is 2. The van der Waals surface area contributed by atoms with Gasteiger partial charge >= 0.3 is 11.9 Å². The lowest BCUT2D eigenvalue weighted by Crippen LogP contribution is -2.31. The van der Waals surface area contributed by atoms with Crippen molar-refractivity contribution in [3.63, 3.8) is 0 Å². The van der Waals surface area contributed by atoms with Crippen LogP contribution < -0.4 is 4.57 Å². The van der Waals surface area contributed by atoms with Gasteiger partial charge < -0.3 is 15.3 Å². The van der Waals surface area contributed by atoms with E-state index in [1.165, 1.54) is 0 Å². The van der Waals surface area contributed by atoms with Gasteiger partial charge in [0.2, 0.25) is 11.0 Å². The second-order valence-corrected chi connectivity index (χ2v) is 9.35. The molecular weight excluding hydrogens is 478 g/mol. The standard InChI is InChI=1S/C32H25NO5/c1-18-19(2)24(31(35)36)14-13-23(18)26-17-22(34)12-11-21(26)10-8-20-9-15-29-27(16-20)30(32(37)38)25-6-4-5-7-28(25)33(29)3/h4-17H,1-3H3,(H2-,34,35,36,37,38)/p+1. The molecule has 0 aliphatic carbocycles. The number of phenolic OH excluding ortho intramolecular Hbond substituents is 1. The Morgan fingerprint density at radius 1 is 0.737 bits per heavy atom. The number of hydrogen-bond donors (Lipinski definition) is 3. The van der Waals surface area contributed by atoms with Gasteiger partial charge in [-0.05, 0) is 83.6 Å². The molecule has 0 aliphatic rings. The highest BCUT2D eigenvalue weighted by molar-refractivity contribution is 6.12. The summed E-state index contributed by atoms with van der Waals surface area (Å²) >= 11 is 0. The highest BCUT2D eigenvalue weighted by Gasteiger charge is 2.22. The number of aromatic nitrogens is 1. The van der Waals surface area contributed by atoms with E-state index in [2.05, 4.69) is 0 Å². The summed E-state index contributed by atoms with van der Waals surface area (Å²) in [4.78, 5) is 23.9. The van der Waals surface area contributed by atoms with Crippen molar-refractivity contribution >= 4 is 45.9 Å². The monoisotopic (exact) mass is 504 g/mol. The lowest BCUT2D eigenvalue weighted by atomic mass is 9.90. The summed E-state index contributed by atoms with van der Waals surface area (Å²) in [7, 11) is 1.93. The van der Waals surface area contributed by atoms with Gasteiger partial charge in [0.1, 0.15) is 12.8 Å². The van der Waals surface area contributed by atoms with Gasteiger partial charge in [-0.2, -0.15) is 4.57 Å². The van der Waals surface area contributed by atoms with E-state index in [0.29, 0.717) is 16.3 Å². The van der Waals surface area contributed by atoms with Crippen LogP contribution in [0.25, 0.3) is 45.1 Å². The topological polar surface area (TPSA) is 98.7 Å². The molecule has 0 bridgehead atoms. The van der Waals surface area contributed by atoms with Crippen molar-refractivity contribution in [2.45, 2.75) is 13.8 Å². The number of carboxylic acid groups (broad SMARTS) is 2. The van der Waals surface area contributed by atoms with Crippen LogP contribution in [0.4, 0.5) is 0 Å². The molecule has 3 N–H and O–H groups in total. The van der Waals surface area contributed by atoms with Crippen molar-refractivity contribution in [2.75, 3.05) is 0 Å². The summed E-state index contributed by atoms with van der Waals surface area (Å²) in [5, 5.41) is 31.1. The Morgan fingerprint density at radius 3 is 2.21 bits per heavy atom. The largest absolute Gasteiger partial charge is 0.508 e. The molecule has 6 nitrogen and oxygen atoms in total. The van der Waals surface area contributed by atoms with E-state index >= 15 is 0 Å². The summed E-state index contributed by atoms with van der Waals surface area (Å²) in [6.45, 7) is 3.65. The summed E-state index contributed by atoms with van der Waals surface area (Å²) in [5.41, 5.74) is 6.90. The molecule has 0 saturated heterocycles. The van der Waals surface area contributed by atoms with Crippen molar-refractivity contribution in [3.8, 4) is 16.9 Å². The number of phenols is 1.